The summed E-state index contributed by atoms with van der Waals surface area (Å²) >= 11 is 1.44. The monoisotopic (exact) mass is 294 g/mol. The van der Waals surface area contributed by atoms with E-state index in [0.717, 1.165) is 18.2 Å². The first-order valence-corrected chi connectivity index (χ1v) is 8.18. The lowest BCUT2D eigenvalue weighted by Crippen LogP contribution is -2.36. The van der Waals surface area contributed by atoms with Crippen molar-refractivity contribution in [3.63, 3.8) is 0 Å². The summed E-state index contributed by atoms with van der Waals surface area (Å²) in [7, 11) is 1.88. The first-order valence-electron chi connectivity index (χ1n) is 7.36. The second-order valence-corrected chi connectivity index (χ2v) is 6.88. The fraction of sp³-hybridized carbons (Fsp3) is 0.714. The van der Waals surface area contributed by atoms with Gasteiger partial charge < -0.3 is 15.5 Å². The maximum Gasteiger partial charge on any atom is 0.267 e. The molecule has 0 aromatic carbocycles. The molecule has 3 rings (SSSR count). The highest BCUT2D eigenvalue weighted by Crippen LogP contribution is 2.36. The van der Waals surface area contributed by atoms with Crippen LogP contribution in [0.3, 0.4) is 0 Å². The van der Waals surface area contributed by atoms with E-state index < -0.39 is 0 Å². The predicted octanol–water partition coefficient (Wildman–Crippen LogP) is 2.20. The van der Waals surface area contributed by atoms with E-state index in [2.05, 4.69) is 16.8 Å². The molecule has 1 aromatic heterocycles. The van der Waals surface area contributed by atoms with Crippen LogP contribution in [0.25, 0.3) is 0 Å². The van der Waals surface area contributed by atoms with Crippen molar-refractivity contribution < 1.29 is 4.79 Å². The molecule has 1 aliphatic carbocycles. The predicted molar refractivity (Wildman–Crippen MR) is 82.3 cm³/mol. The van der Waals surface area contributed by atoms with Crippen LogP contribution in [-0.2, 0) is 0 Å². The molecule has 1 aromatic rings. The zero-order chi connectivity index (χ0) is 14.3. The second kappa shape index (κ2) is 5.24. The Kier molecular flexibility index (Phi) is 3.58. The third-order valence-corrected chi connectivity index (χ3v) is 5.57. The molecule has 0 bridgehead atoms. The Morgan fingerprint density at radius 3 is 2.70 bits per heavy atom. The maximum atomic E-state index is 12.6. The quantitative estimate of drug-likeness (QED) is 0.924. The first kappa shape index (κ1) is 13.7. The number of anilines is 2. The number of carbonyl (C=O) groups is 1. The van der Waals surface area contributed by atoms with Gasteiger partial charge >= 0.3 is 0 Å². The minimum Gasteiger partial charge on any atom is -0.382 e. The van der Waals surface area contributed by atoms with Gasteiger partial charge in [-0.2, -0.15) is 0 Å². The molecule has 1 saturated carbocycles. The molecule has 2 N–H and O–H groups in total. The van der Waals surface area contributed by atoms with Crippen LogP contribution in [0.4, 0.5) is 10.9 Å². The Morgan fingerprint density at radius 2 is 2.10 bits per heavy atom. The van der Waals surface area contributed by atoms with E-state index in [1.807, 2.05) is 11.9 Å². The molecule has 0 radical (unpaired) electrons. The molecule has 0 spiro atoms. The van der Waals surface area contributed by atoms with Crippen LogP contribution in [-0.4, -0.2) is 42.0 Å². The van der Waals surface area contributed by atoms with Crippen molar-refractivity contribution >= 4 is 28.2 Å². The molecule has 110 valence electrons. The van der Waals surface area contributed by atoms with E-state index in [1.54, 1.807) is 0 Å². The summed E-state index contributed by atoms with van der Waals surface area (Å²) in [5, 5.41) is 0.899. The minimum atomic E-state index is 0.0184. The molecule has 5 nitrogen and oxygen atoms in total. The molecule has 2 fully saturated rings. The molecule has 2 aliphatic rings. The van der Waals surface area contributed by atoms with Crippen molar-refractivity contribution in [2.45, 2.75) is 38.6 Å². The zero-order valence-electron chi connectivity index (χ0n) is 12.1. The standard InChI is InChI=1S/C14H22N4OS/c1-9(10-5-6-10)17(2)13(19)11-12(15)16-14(20-11)18-7-3-4-8-18/h9-10H,3-8,15H2,1-2H3. The highest BCUT2D eigenvalue weighted by atomic mass is 32.1. The summed E-state index contributed by atoms with van der Waals surface area (Å²) < 4.78 is 0. The number of rotatable bonds is 4. The van der Waals surface area contributed by atoms with Gasteiger partial charge in [-0.1, -0.05) is 11.3 Å². The summed E-state index contributed by atoms with van der Waals surface area (Å²) in [5.41, 5.74) is 5.96. The summed E-state index contributed by atoms with van der Waals surface area (Å²) in [6.45, 7) is 4.16. The summed E-state index contributed by atoms with van der Waals surface area (Å²) in [5.74, 6) is 1.07. The number of hydrogen-bond donors (Lipinski definition) is 1. The van der Waals surface area contributed by atoms with Crippen molar-refractivity contribution in [3.8, 4) is 0 Å². The van der Waals surface area contributed by atoms with Gasteiger partial charge in [0.05, 0.1) is 0 Å². The zero-order valence-corrected chi connectivity index (χ0v) is 12.9. The van der Waals surface area contributed by atoms with Gasteiger partial charge in [-0.25, -0.2) is 4.98 Å². The average molecular weight is 294 g/mol. The lowest BCUT2D eigenvalue weighted by molar-refractivity contribution is 0.0733. The molecule has 1 saturated heterocycles. The lowest BCUT2D eigenvalue weighted by atomic mass is 10.2. The first-order chi connectivity index (χ1) is 9.58. The van der Waals surface area contributed by atoms with E-state index in [0.29, 0.717) is 22.7 Å². The molecule has 1 atom stereocenters. The van der Waals surface area contributed by atoms with Gasteiger partial charge in [0, 0.05) is 26.2 Å². The van der Waals surface area contributed by atoms with Gasteiger partial charge in [0.25, 0.3) is 5.91 Å². The Hall–Kier alpha value is -1.30. The van der Waals surface area contributed by atoms with Gasteiger partial charge in [0.1, 0.15) is 10.7 Å². The molecule has 20 heavy (non-hydrogen) atoms. The Labute approximate surface area is 123 Å². The van der Waals surface area contributed by atoms with E-state index >= 15 is 0 Å². The van der Waals surface area contributed by atoms with Crippen LogP contribution in [0.15, 0.2) is 0 Å². The van der Waals surface area contributed by atoms with Gasteiger partial charge in [0.2, 0.25) is 0 Å². The molecule has 6 heteroatoms. The van der Waals surface area contributed by atoms with Crippen molar-refractivity contribution in [3.05, 3.63) is 4.88 Å². The number of thiazole rings is 1. The average Bonchev–Trinajstić information content (AvgIpc) is 3.00. The number of nitrogens with two attached hydrogens (primary N) is 1. The van der Waals surface area contributed by atoms with E-state index in [-0.39, 0.29) is 5.91 Å². The van der Waals surface area contributed by atoms with Crippen LogP contribution < -0.4 is 10.6 Å². The number of hydrogen-bond acceptors (Lipinski definition) is 5. The molecule has 1 aliphatic heterocycles. The van der Waals surface area contributed by atoms with E-state index in [9.17, 15) is 4.79 Å². The normalized spacial score (nSPS) is 20.2. The summed E-state index contributed by atoms with van der Waals surface area (Å²) in [6, 6.07) is 0.291. The van der Waals surface area contributed by atoms with Gasteiger partial charge in [-0.15, -0.1) is 0 Å². The highest BCUT2D eigenvalue weighted by Gasteiger charge is 2.34. The summed E-state index contributed by atoms with van der Waals surface area (Å²) in [6.07, 6.45) is 4.86. The largest absolute Gasteiger partial charge is 0.382 e. The molecule has 1 unspecified atom stereocenters. The molecule has 1 amide bonds. The van der Waals surface area contributed by atoms with Crippen LogP contribution >= 0.6 is 11.3 Å². The fourth-order valence-electron chi connectivity index (χ4n) is 2.76. The van der Waals surface area contributed by atoms with Gasteiger partial charge in [0.15, 0.2) is 5.13 Å². The highest BCUT2D eigenvalue weighted by molar-refractivity contribution is 7.18. The topological polar surface area (TPSA) is 62.5 Å². The van der Waals surface area contributed by atoms with Crippen LogP contribution in [0.2, 0.25) is 0 Å². The lowest BCUT2D eigenvalue weighted by Gasteiger charge is -2.24. The molecular formula is C14H22N4OS. The van der Waals surface area contributed by atoms with Crippen LogP contribution in [0, 0.1) is 5.92 Å². The second-order valence-electron chi connectivity index (χ2n) is 5.90. The molecular weight excluding hydrogens is 272 g/mol. The number of aromatic nitrogens is 1. The number of amides is 1. The van der Waals surface area contributed by atoms with Crippen LogP contribution in [0.5, 0.6) is 0 Å². The Bertz CT molecular complexity index is 505. The van der Waals surface area contributed by atoms with Gasteiger partial charge in [-0.05, 0) is 38.5 Å². The van der Waals surface area contributed by atoms with E-state index in [1.165, 1.54) is 37.0 Å². The van der Waals surface area contributed by atoms with Crippen LogP contribution in [0.1, 0.15) is 42.3 Å². The molecule has 2 heterocycles. The third-order valence-electron chi connectivity index (χ3n) is 4.45. The SMILES string of the molecule is CC(C1CC1)N(C)C(=O)c1sc(N2CCCC2)nc1N. The number of nitrogen functional groups attached to an aromatic ring is 1. The number of nitrogens with zero attached hydrogens (tertiary/aromatic N) is 3. The van der Waals surface area contributed by atoms with Gasteiger partial charge in [-0.3, -0.25) is 4.79 Å². The minimum absolute atomic E-state index is 0.0184. The maximum absolute atomic E-state index is 12.6. The third kappa shape index (κ3) is 2.49. The smallest absolute Gasteiger partial charge is 0.267 e. The number of carbonyl (C=O) groups excluding carboxylic acids is 1. The van der Waals surface area contributed by atoms with E-state index in [4.69, 9.17) is 5.73 Å². The summed E-state index contributed by atoms with van der Waals surface area (Å²) in [4.78, 5) is 21.6. The van der Waals surface area contributed by atoms with Crippen molar-refractivity contribution in [1.82, 2.24) is 9.88 Å². The Balaban J connectivity index is 1.76. The van der Waals surface area contributed by atoms with Crippen molar-refractivity contribution in [2.24, 2.45) is 5.92 Å². The van der Waals surface area contributed by atoms with Crippen molar-refractivity contribution in [2.75, 3.05) is 30.8 Å². The van der Waals surface area contributed by atoms with Crippen molar-refractivity contribution in [1.29, 1.82) is 0 Å². The Morgan fingerprint density at radius 1 is 1.45 bits per heavy atom. The fourth-order valence-corrected chi connectivity index (χ4v) is 3.78.